The highest BCUT2D eigenvalue weighted by Crippen LogP contribution is 2.24. The van der Waals surface area contributed by atoms with E-state index in [0.717, 1.165) is 10.6 Å². The van der Waals surface area contributed by atoms with Crippen LogP contribution in [0.2, 0.25) is 5.02 Å². The number of carbonyl (C=O) groups excluding carboxylic acids is 2. The second kappa shape index (κ2) is 9.25. The molecule has 1 N–H and O–H groups in total. The van der Waals surface area contributed by atoms with Gasteiger partial charge in [-0.25, -0.2) is 0 Å². The van der Waals surface area contributed by atoms with Crippen molar-refractivity contribution in [2.75, 3.05) is 43.0 Å². The highest BCUT2D eigenvalue weighted by Gasteiger charge is 2.43. The number of hydrogen-bond donors (Lipinski definition) is 1. The molecule has 1 aliphatic heterocycles. The fraction of sp³-hybridized carbons (Fsp3) is 0.300. The number of alkyl halides is 3. The Hall–Kier alpha value is -2.94. The smallest absolute Gasteiger partial charge is 0.471 e. The molecule has 3 rings (SSSR count). The number of benzene rings is 2. The molecule has 0 atom stereocenters. The molecule has 0 aliphatic carbocycles. The van der Waals surface area contributed by atoms with E-state index in [1.165, 1.54) is 0 Å². The third-order valence-corrected chi connectivity index (χ3v) is 4.83. The highest BCUT2D eigenvalue weighted by molar-refractivity contribution is 6.32. The van der Waals surface area contributed by atoms with Gasteiger partial charge in [0.2, 0.25) is 0 Å². The normalized spacial score (nSPS) is 14.4. The predicted molar refractivity (Wildman–Crippen MR) is 107 cm³/mol. The summed E-state index contributed by atoms with van der Waals surface area (Å²) in [5.74, 6) is -1.76. The Kier molecular flexibility index (Phi) is 6.71. The van der Waals surface area contributed by atoms with Crippen molar-refractivity contribution in [2.24, 2.45) is 0 Å². The number of hydrogen-bond acceptors (Lipinski definition) is 4. The lowest BCUT2D eigenvalue weighted by Gasteiger charge is -2.36. The van der Waals surface area contributed by atoms with Gasteiger partial charge in [0.15, 0.2) is 6.61 Å². The maximum Gasteiger partial charge on any atom is 0.471 e. The number of anilines is 2. The molecule has 1 aliphatic rings. The van der Waals surface area contributed by atoms with Crippen molar-refractivity contribution in [1.29, 1.82) is 0 Å². The van der Waals surface area contributed by atoms with Gasteiger partial charge in [0.05, 0.1) is 5.02 Å². The zero-order chi connectivity index (χ0) is 21.7. The largest absolute Gasteiger partial charge is 0.482 e. The average Bonchev–Trinajstić information content (AvgIpc) is 2.73. The first-order valence-corrected chi connectivity index (χ1v) is 9.50. The van der Waals surface area contributed by atoms with Gasteiger partial charge >= 0.3 is 12.1 Å². The van der Waals surface area contributed by atoms with Crippen LogP contribution in [0.3, 0.4) is 0 Å². The van der Waals surface area contributed by atoms with Crippen LogP contribution in [0.15, 0.2) is 48.5 Å². The number of ether oxygens (including phenoxy) is 1. The molecular formula is C20H19ClF3N3O3. The Morgan fingerprint density at radius 3 is 2.23 bits per heavy atom. The second-order valence-electron chi connectivity index (χ2n) is 6.59. The minimum Gasteiger partial charge on any atom is -0.482 e. The van der Waals surface area contributed by atoms with Crippen LogP contribution in [0, 0.1) is 0 Å². The van der Waals surface area contributed by atoms with Crippen LogP contribution in [0.25, 0.3) is 0 Å². The zero-order valence-electron chi connectivity index (χ0n) is 15.8. The molecule has 0 unspecified atom stereocenters. The van der Waals surface area contributed by atoms with Crippen molar-refractivity contribution in [3.05, 3.63) is 53.6 Å². The van der Waals surface area contributed by atoms with Crippen molar-refractivity contribution in [2.45, 2.75) is 6.18 Å². The van der Waals surface area contributed by atoms with Crippen molar-refractivity contribution >= 4 is 34.8 Å². The topological polar surface area (TPSA) is 61.9 Å². The predicted octanol–water partition coefficient (Wildman–Crippen LogP) is 3.57. The fourth-order valence-electron chi connectivity index (χ4n) is 3.00. The maximum absolute atomic E-state index is 12.5. The van der Waals surface area contributed by atoms with Gasteiger partial charge in [-0.3, -0.25) is 9.59 Å². The molecule has 2 aromatic rings. The van der Waals surface area contributed by atoms with Crippen LogP contribution in [0.1, 0.15) is 0 Å². The summed E-state index contributed by atoms with van der Waals surface area (Å²) >= 11 is 5.97. The van der Waals surface area contributed by atoms with Crippen molar-refractivity contribution in [3.8, 4) is 5.75 Å². The van der Waals surface area contributed by atoms with Gasteiger partial charge < -0.3 is 19.9 Å². The molecule has 2 amide bonds. The molecule has 0 radical (unpaired) electrons. The van der Waals surface area contributed by atoms with Crippen molar-refractivity contribution < 1.29 is 27.5 Å². The molecule has 0 aromatic heterocycles. The summed E-state index contributed by atoms with van der Waals surface area (Å²) in [6.07, 6.45) is -4.85. The fourth-order valence-corrected chi connectivity index (χ4v) is 3.20. The van der Waals surface area contributed by atoms with Gasteiger partial charge in [-0.05, 0) is 36.4 Å². The number of amides is 2. The third-order valence-electron chi connectivity index (χ3n) is 4.52. The van der Waals surface area contributed by atoms with E-state index in [1.54, 1.807) is 48.5 Å². The van der Waals surface area contributed by atoms with Gasteiger partial charge in [-0.1, -0.05) is 23.7 Å². The monoisotopic (exact) mass is 441 g/mol. The van der Waals surface area contributed by atoms with Crippen LogP contribution < -0.4 is 15.0 Å². The first-order chi connectivity index (χ1) is 14.2. The van der Waals surface area contributed by atoms with Gasteiger partial charge in [-0.15, -0.1) is 0 Å². The molecule has 1 saturated heterocycles. The maximum atomic E-state index is 12.5. The van der Waals surface area contributed by atoms with Gasteiger partial charge in [0, 0.05) is 37.6 Å². The minimum absolute atomic E-state index is 0.00375. The Labute approximate surface area is 176 Å². The number of carbonyl (C=O) groups is 2. The summed E-state index contributed by atoms with van der Waals surface area (Å²) in [5, 5.41) is 3.11. The average molecular weight is 442 g/mol. The van der Waals surface area contributed by atoms with Crippen LogP contribution in [0.5, 0.6) is 5.75 Å². The van der Waals surface area contributed by atoms with E-state index < -0.39 is 12.1 Å². The molecule has 0 saturated carbocycles. The summed E-state index contributed by atoms with van der Waals surface area (Å²) < 4.78 is 42.9. The van der Waals surface area contributed by atoms with E-state index in [-0.39, 0.29) is 25.6 Å². The molecule has 0 spiro atoms. The summed E-state index contributed by atoms with van der Waals surface area (Å²) in [6, 6.07) is 13.7. The highest BCUT2D eigenvalue weighted by atomic mass is 35.5. The Bertz CT molecular complexity index is 898. The number of nitrogens with one attached hydrogen (secondary N) is 1. The Morgan fingerprint density at radius 1 is 1.00 bits per heavy atom. The molecule has 2 aromatic carbocycles. The molecule has 10 heteroatoms. The number of para-hydroxylation sites is 1. The Balaban J connectivity index is 1.49. The van der Waals surface area contributed by atoms with Crippen LogP contribution >= 0.6 is 11.6 Å². The molecule has 1 fully saturated rings. The summed E-state index contributed by atoms with van der Waals surface area (Å²) in [7, 11) is 0. The quantitative estimate of drug-likeness (QED) is 0.770. The SMILES string of the molecule is O=C(COc1ccccc1Cl)Nc1ccc(N2CCN(C(=O)C(F)(F)F)CC2)cc1. The summed E-state index contributed by atoms with van der Waals surface area (Å²) in [6.45, 7) is 0.367. The number of nitrogens with zero attached hydrogens (tertiary/aromatic N) is 2. The molecule has 0 bridgehead atoms. The molecular weight excluding hydrogens is 423 g/mol. The molecule has 160 valence electrons. The van der Waals surface area contributed by atoms with Gasteiger partial charge in [-0.2, -0.15) is 13.2 Å². The number of halogens is 4. The molecule has 6 nitrogen and oxygen atoms in total. The second-order valence-corrected chi connectivity index (χ2v) is 7.00. The standard InChI is InChI=1S/C20H19ClF3N3O3/c21-16-3-1-2-4-17(16)30-13-18(28)25-14-5-7-15(8-6-14)26-9-11-27(12-10-26)19(29)20(22,23)24/h1-8H,9-13H2,(H,25,28). The Morgan fingerprint density at radius 2 is 1.63 bits per heavy atom. The lowest BCUT2D eigenvalue weighted by atomic mass is 10.2. The lowest BCUT2D eigenvalue weighted by molar-refractivity contribution is -0.185. The van der Waals surface area contributed by atoms with Crippen LogP contribution in [-0.4, -0.2) is 55.7 Å². The van der Waals surface area contributed by atoms with Crippen LogP contribution in [0.4, 0.5) is 24.5 Å². The number of piperazine rings is 1. The van der Waals surface area contributed by atoms with E-state index >= 15 is 0 Å². The summed E-state index contributed by atoms with van der Waals surface area (Å²) in [4.78, 5) is 26.0. The first kappa shape index (κ1) is 21.8. The van der Waals surface area contributed by atoms with E-state index in [1.807, 2.05) is 4.90 Å². The first-order valence-electron chi connectivity index (χ1n) is 9.12. The summed E-state index contributed by atoms with van der Waals surface area (Å²) in [5.41, 5.74) is 1.34. The lowest BCUT2D eigenvalue weighted by Crippen LogP contribution is -2.52. The zero-order valence-corrected chi connectivity index (χ0v) is 16.5. The van der Waals surface area contributed by atoms with Crippen molar-refractivity contribution in [3.63, 3.8) is 0 Å². The van der Waals surface area contributed by atoms with Crippen LogP contribution in [-0.2, 0) is 9.59 Å². The van der Waals surface area contributed by atoms with E-state index in [4.69, 9.17) is 16.3 Å². The molecule has 30 heavy (non-hydrogen) atoms. The number of rotatable bonds is 5. The van der Waals surface area contributed by atoms with E-state index in [0.29, 0.717) is 29.5 Å². The van der Waals surface area contributed by atoms with E-state index in [9.17, 15) is 22.8 Å². The minimum atomic E-state index is -4.85. The van der Waals surface area contributed by atoms with Gasteiger partial charge in [0.25, 0.3) is 5.91 Å². The van der Waals surface area contributed by atoms with E-state index in [2.05, 4.69) is 5.32 Å². The van der Waals surface area contributed by atoms with Crippen molar-refractivity contribution in [1.82, 2.24) is 4.90 Å². The van der Waals surface area contributed by atoms with Gasteiger partial charge in [0.1, 0.15) is 5.75 Å². The molecule has 1 heterocycles. The third kappa shape index (κ3) is 5.56.